The van der Waals surface area contributed by atoms with Gasteiger partial charge in [0.2, 0.25) is 5.91 Å². The van der Waals surface area contributed by atoms with Crippen LogP contribution in [0.1, 0.15) is 18.1 Å². The van der Waals surface area contributed by atoms with Gasteiger partial charge in [-0.1, -0.05) is 24.3 Å². The molecule has 1 unspecified atom stereocenters. The Balaban J connectivity index is 2.40. The van der Waals surface area contributed by atoms with E-state index in [2.05, 4.69) is 24.4 Å². The molecule has 0 saturated heterocycles. The molecule has 0 aliphatic heterocycles. The molecule has 0 spiro atoms. The monoisotopic (exact) mass is 216 g/mol. The van der Waals surface area contributed by atoms with Crippen molar-refractivity contribution in [3.05, 3.63) is 35.4 Å². The molecule has 1 aromatic rings. The van der Waals surface area contributed by atoms with E-state index in [1.807, 2.05) is 18.2 Å². The zero-order chi connectivity index (χ0) is 12.0. The smallest absolute Gasteiger partial charge is 0.237 e. The first-order chi connectivity index (χ1) is 7.65. The second-order valence-corrected chi connectivity index (χ2v) is 3.82. The van der Waals surface area contributed by atoms with Crippen molar-refractivity contribution >= 4 is 5.91 Å². The molecule has 3 nitrogen and oxygen atoms in total. The first-order valence-electron chi connectivity index (χ1n) is 5.37. The minimum absolute atomic E-state index is 0.198. The van der Waals surface area contributed by atoms with Crippen LogP contribution in [-0.2, 0) is 11.2 Å². The third-order valence-electron chi connectivity index (χ3n) is 2.54. The molecule has 0 aromatic heterocycles. The first kappa shape index (κ1) is 12.3. The van der Waals surface area contributed by atoms with Crippen LogP contribution in [-0.4, -0.2) is 12.5 Å². The van der Waals surface area contributed by atoms with Gasteiger partial charge in [-0.15, -0.1) is 0 Å². The zero-order valence-corrected chi connectivity index (χ0v) is 9.66. The van der Waals surface area contributed by atoms with Crippen molar-refractivity contribution < 1.29 is 4.79 Å². The van der Waals surface area contributed by atoms with Gasteiger partial charge in [-0.25, -0.2) is 0 Å². The lowest BCUT2D eigenvalue weighted by Gasteiger charge is -2.08. The van der Waals surface area contributed by atoms with Crippen LogP contribution in [0.5, 0.6) is 0 Å². The van der Waals surface area contributed by atoms with Crippen molar-refractivity contribution in [1.29, 1.82) is 5.26 Å². The lowest BCUT2D eigenvalue weighted by molar-refractivity contribution is -0.122. The topological polar surface area (TPSA) is 52.9 Å². The van der Waals surface area contributed by atoms with Crippen molar-refractivity contribution in [3.63, 3.8) is 0 Å². The van der Waals surface area contributed by atoms with E-state index < -0.39 is 5.92 Å². The zero-order valence-electron chi connectivity index (χ0n) is 9.66. The molecule has 0 radical (unpaired) electrons. The predicted molar refractivity (Wildman–Crippen MR) is 62.7 cm³/mol. The van der Waals surface area contributed by atoms with Gasteiger partial charge in [0.15, 0.2) is 0 Å². The minimum atomic E-state index is -0.572. The Morgan fingerprint density at radius 2 is 2.19 bits per heavy atom. The van der Waals surface area contributed by atoms with Gasteiger partial charge in [0.05, 0.1) is 6.07 Å². The fourth-order valence-electron chi connectivity index (χ4n) is 1.42. The number of aryl methyl sites for hydroxylation is 1. The Kier molecular flexibility index (Phi) is 4.53. The Labute approximate surface area is 96.1 Å². The standard InChI is InChI=1S/C13H16N2O/c1-10-5-3-4-6-12(10)7-8-15-13(16)11(2)9-14/h3-6,11H,7-8H2,1-2H3,(H,15,16). The van der Waals surface area contributed by atoms with E-state index in [9.17, 15) is 4.79 Å². The van der Waals surface area contributed by atoms with Crippen LogP contribution in [0.3, 0.4) is 0 Å². The fraction of sp³-hybridized carbons (Fsp3) is 0.385. The molecule has 0 heterocycles. The fourth-order valence-corrected chi connectivity index (χ4v) is 1.42. The number of nitriles is 1. The van der Waals surface area contributed by atoms with Crippen molar-refractivity contribution in [2.45, 2.75) is 20.3 Å². The maximum absolute atomic E-state index is 11.3. The molecule has 0 bridgehead atoms. The largest absolute Gasteiger partial charge is 0.355 e. The summed E-state index contributed by atoms with van der Waals surface area (Å²) in [6.45, 7) is 4.23. The van der Waals surface area contributed by atoms with Gasteiger partial charge in [0, 0.05) is 6.54 Å². The van der Waals surface area contributed by atoms with E-state index in [0.29, 0.717) is 6.54 Å². The van der Waals surface area contributed by atoms with Crippen LogP contribution in [0.2, 0.25) is 0 Å². The SMILES string of the molecule is Cc1ccccc1CCNC(=O)C(C)C#N. The van der Waals surface area contributed by atoms with Gasteiger partial charge in [-0.3, -0.25) is 4.79 Å². The lowest BCUT2D eigenvalue weighted by atomic mass is 10.1. The molecule has 0 aliphatic carbocycles. The maximum Gasteiger partial charge on any atom is 0.237 e. The lowest BCUT2D eigenvalue weighted by Crippen LogP contribution is -2.30. The molecule has 3 heteroatoms. The average Bonchev–Trinajstić information content (AvgIpc) is 2.30. The molecular formula is C13H16N2O. The second-order valence-electron chi connectivity index (χ2n) is 3.82. The molecule has 0 saturated carbocycles. The van der Waals surface area contributed by atoms with Gasteiger partial charge in [0.1, 0.15) is 5.92 Å². The normalized spacial score (nSPS) is 11.6. The molecule has 16 heavy (non-hydrogen) atoms. The number of amides is 1. The predicted octanol–water partition coefficient (Wildman–Crippen LogP) is 1.81. The number of benzene rings is 1. The molecular weight excluding hydrogens is 200 g/mol. The van der Waals surface area contributed by atoms with Crippen molar-refractivity contribution in [3.8, 4) is 6.07 Å². The number of rotatable bonds is 4. The number of hydrogen-bond donors (Lipinski definition) is 1. The number of nitrogens with one attached hydrogen (secondary N) is 1. The summed E-state index contributed by atoms with van der Waals surface area (Å²) >= 11 is 0. The minimum Gasteiger partial charge on any atom is -0.355 e. The highest BCUT2D eigenvalue weighted by atomic mass is 16.1. The number of hydrogen-bond acceptors (Lipinski definition) is 2. The van der Waals surface area contributed by atoms with E-state index in [1.165, 1.54) is 11.1 Å². The molecule has 1 rings (SSSR count). The number of carbonyl (C=O) groups excluding carboxylic acids is 1. The third kappa shape index (κ3) is 3.39. The van der Waals surface area contributed by atoms with Crippen molar-refractivity contribution in [2.24, 2.45) is 5.92 Å². The van der Waals surface area contributed by atoms with Gasteiger partial charge in [-0.2, -0.15) is 5.26 Å². The molecule has 1 amide bonds. The summed E-state index contributed by atoms with van der Waals surface area (Å²) in [5.74, 6) is -0.770. The summed E-state index contributed by atoms with van der Waals surface area (Å²) in [5.41, 5.74) is 2.46. The summed E-state index contributed by atoms with van der Waals surface area (Å²) < 4.78 is 0. The summed E-state index contributed by atoms with van der Waals surface area (Å²) in [6, 6.07) is 10.00. The Morgan fingerprint density at radius 3 is 2.81 bits per heavy atom. The summed E-state index contributed by atoms with van der Waals surface area (Å²) in [7, 11) is 0. The van der Waals surface area contributed by atoms with Crippen LogP contribution in [0.25, 0.3) is 0 Å². The third-order valence-corrected chi connectivity index (χ3v) is 2.54. The van der Waals surface area contributed by atoms with Gasteiger partial charge < -0.3 is 5.32 Å². The van der Waals surface area contributed by atoms with Crippen molar-refractivity contribution in [1.82, 2.24) is 5.32 Å². The highest BCUT2D eigenvalue weighted by Crippen LogP contribution is 2.06. The van der Waals surface area contributed by atoms with E-state index in [1.54, 1.807) is 6.92 Å². The Morgan fingerprint density at radius 1 is 1.50 bits per heavy atom. The van der Waals surface area contributed by atoms with Crippen LogP contribution >= 0.6 is 0 Å². The highest BCUT2D eigenvalue weighted by molar-refractivity contribution is 5.80. The summed E-state index contributed by atoms with van der Waals surface area (Å²) in [5, 5.41) is 11.3. The van der Waals surface area contributed by atoms with Crippen molar-refractivity contribution in [2.75, 3.05) is 6.54 Å². The number of carbonyl (C=O) groups is 1. The molecule has 1 aromatic carbocycles. The molecule has 1 N–H and O–H groups in total. The molecule has 1 atom stereocenters. The Hall–Kier alpha value is -1.82. The molecule has 84 valence electrons. The van der Waals surface area contributed by atoms with Gasteiger partial charge in [-0.05, 0) is 31.4 Å². The number of nitrogens with zero attached hydrogens (tertiary/aromatic N) is 1. The van der Waals surface area contributed by atoms with E-state index in [0.717, 1.165) is 6.42 Å². The van der Waals surface area contributed by atoms with Crippen LogP contribution in [0.15, 0.2) is 24.3 Å². The van der Waals surface area contributed by atoms with Crippen LogP contribution < -0.4 is 5.32 Å². The van der Waals surface area contributed by atoms with Gasteiger partial charge in [0.25, 0.3) is 0 Å². The maximum atomic E-state index is 11.3. The molecule has 0 fully saturated rings. The second kappa shape index (κ2) is 5.92. The summed E-state index contributed by atoms with van der Waals surface area (Å²) in [4.78, 5) is 11.3. The molecule has 0 aliphatic rings. The van der Waals surface area contributed by atoms with E-state index in [-0.39, 0.29) is 5.91 Å². The first-order valence-corrected chi connectivity index (χ1v) is 5.37. The van der Waals surface area contributed by atoms with Crippen LogP contribution in [0.4, 0.5) is 0 Å². The highest BCUT2D eigenvalue weighted by Gasteiger charge is 2.10. The van der Waals surface area contributed by atoms with Crippen LogP contribution in [0, 0.1) is 24.2 Å². The summed E-state index contributed by atoms with van der Waals surface area (Å²) in [6.07, 6.45) is 0.802. The van der Waals surface area contributed by atoms with E-state index in [4.69, 9.17) is 5.26 Å². The van der Waals surface area contributed by atoms with Gasteiger partial charge >= 0.3 is 0 Å². The van der Waals surface area contributed by atoms with E-state index >= 15 is 0 Å². The Bertz CT molecular complexity index is 407. The average molecular weight is 216 g/mol. The quantitative estimate of drug-likeness (QED) is 0.834.